The van der Waals surface area contributed by atoms with Crippen molar-refractivity contribution in [2.24, 2.45) is 0 Å². The predicted octanol–water partition coefficient (Wildman–Crippen LogP) is 2.88. The summed E-state index contributed by atoms with van der Waals surface area (Å²) >= 11 is 0. The molecule has 2 aliphatic heterocycles. The van der Waals surface area contributed by atoms with Gasteiger partial charge >= 0.3 is 0 Å². The van der Waals surface area contributed by atoms with Crippen LogP contribution in [0.25, 0.3) is 6.08 Å². The molecule has 2 saturated heterocycles. The lowest BCUT2D eigenvalue weighted by Gasteiger charge is -2.41. The minimum absolute atomic E-state index is 0.654. The second kappa shape index (κ2) is 6.63. The molecule has 1 aromatic rings. The summed E-state index contributed by atoms with van der Waals surface area (Å²) < 4.78 is 5.39. The van der Waals surface area contributed by atoms with Gasteiger partial charge in [0.25, 0.3) is 0 Å². The van der Waals surface area contributed by atoms with Crippen LogP contribution in [0, 0.1) is 0 Å². The fourth-order valence-corrected chi connectivity index (χ4v) is 3.62. The Bertz CT molecular complexity index is 500. The van der Waals surface area contributed by atoms with Gasteiger partial charge in [0.05, 0.1) is 7.11 Å². The molecule has 0 bridgehead atoms. The van der Waals surface area contributed by atoms with Gasteiger partial charge in [-0.1, -0.05) is 30.4 Å². The number of para-hydroxylation sites is 1. The Labute approximate surface area is 128 Å². The smallest absolute Gasteiger partial charge is 0.126 e. The van der Waals surface area contributed by atoms with E-state index in [2.05, 4.69) is 41.0 Å². The first-order chi connectivity index (χ1) is 10.3. The van der Waals surface area contributed by atoms with Crippen molar-refractivity contribution in [1.82, 2.24) is 9.80 Å². The van der Waals surface area contributed by atoms with Gasteiger partial charge in [-0.05, 0) is 32.4 Å². The highest BCUT2D eigenvalue weighted by Crippen LogP contribution is 2.24. The number of ether oxygens (including phenoxy) is 1. The van der Waals surface area contributed by atoms with E-state index in [1.807, 2.05) is 12.1 Å². The van der Waals surface area contributed by atoms with Crippen molar-refractivity contribution in [2.75, 3.05) is 33.3 Å². The molecule has 1 aromatic carbocycles. The minimum Gasteiger partial charge on any atom is -0.496 e. The molecule has 0 aliphatic carbocycles. The predicted molar refractivity (Wildman–Crippen MR) is 87.7 cm³/mol. The van der Waals surface area contributed by atoms with Crippen LogP contribution in [0.1, 0.15) is 25.3 Å². The third kappa shape index (κ3) is 3.30. The quantitative estimate of drug-likeness (QED) is 0.846. The fraction of sp³-hybridized carbons (Fsp3) is 0.556. The van der Waals surface area contributed by atoms with Crippen LogP contribution in [0.4, 0.5) is 0 Å². The standard InChI is InChI=1S/C18H26N2O/c1-15-13-20-12-6-9-17(20)14-19(15)11-5-8-16-7-3-4-10-18(16)21-2/h3-5,7-8,10,15,17H,6,9,11-14H2,1-2H3/b8-5+/t15-,17?/m1/s1. The minimum atomic E-state index is 0.654. The Balaban J connectivity index is 1.60. The lowest BCUT2D eigenvalue weighted by atomic mass is 10.1. The molecular weight excluding hydrogens is 260 g/mol. The Kier molecular flexibility index (Phi) is 4.61. The molecule has 2 atom stereocenters. The maximum atomic E-state index is 5.39. The van der Waals surface area contributed by atoms with Crippen molar-refractivity contribution >= 4 is 6.08 Å². The number of nitrogens with zero attached hydrogens (tertiary/aromatic N) is 2. The number of piperazine rings is 1. The zero-order chi connectivity index (χ0) is 14.7. The van der Waals surface area contributed by atoms with Crippen LogP contribution in [-0.2, 0) is 0 Å². The Morgan fingerprint density at radius 2 is 2.14 bits per heavy atom. The van der Waals surface area contributed by atoms with E-state index in [0.29, 0.717) is 6.04 Å². The number of benzene rings is 1. The molecule has 0 N–H and O–H groups in total. The summed E-state index contributed by atoms with van der Waals surface area (Å²) in [5.74, 6) is 0.947. The van der Waals surface area contributed by atoms with Gasteiger partial charge in [0, 0.05) is 37.3 Å². The third-order valence-electron chi connectivity index (χ3n) is 4.84. The first-order valence-corrected chi connectivity index (χ1v) is 8.05. The molecule has 0 radical (unpaired) electrons. The van der Waals surface area contributed by atoms with Gasteiger partial charge < -0.3 is 4.74 Å². The molecule has 3 rings (SSSR count). The maximum Gasteiger partial charge on any atom is 0.126 e. The van der Waals surface area contributed by atoms with Crippen LogP contribution in [0.15, 0.2) is 30.3 Å². The van der Waals surface area contributed by atoms with Crippen LogP contribution in [-0.4, -0.2) is 55.2 Å². The van der Waals surface area contributed by atoms with Gasteiger partial charge in [-0.3, -0.25) is 9.80 Å². The van der Waals surface area contributed by atoms with E-state index in [-0.39, 0.29) is 0 Å². The zero-order valence-electron chi connectivity index (χ0n) is 13.2. The largest absolute Gasteiger partial charge is 0.496 e. The lowest BCUT2D eigenvalue weighted by Crippen LogP contribution is -2.54. The van der Waals surface area contributed by atoms with Crippen molar-refractivity contribution < 1.29 is 4.74 Å². The number of rotatable bonds is 4. The maximum absolute atomic E-state index is 5.39. The topological polar surface area (TPSA) is 15.7 Å². The summed E-state index contributed by atoms with van der Waals surface area (Å²) in [6, 6.07) is 9.63. The van der Waals surface area contributed by atoms with E-state index in [9.17, 15) is 0 Å². The molecule has 2 fully saturated rings. The fourth-order valence-electron chi connectivity index (χ4n) is 3.62. The van der Waals surface area contributed by atoms with Crippen LogP contribution in [0.5, 0.6) is 5.75 Å². The van der Waals surface area contributed by atoms with E-state index in [4.69, 9.17) is 4.74 Å². The summed E-state index contributed by atoms with van der Waals surface area (Å²) in [5.41, 5.74) is 1.16. The number of hydrogen-bond acceptors (Lipinski definition) is 3. The van der Waals surface area contributed by atoms with Crippen LogP contribution in [0.2, 0.25) is 0 Å². The molecule has 0 saturated carbocycles. The molecular formula is C18H26N2O. The molecule has 2 heterocycles. The molecule has 114 valence electrons. The monoisotopic (exact) mass is 286 g/mol. The molecule has 0 spiro atoms. The highest BCUT2D eigenvalue weighted by molar-refractivity contribution is 5.57. The van der Waals surface area contributed by atoms with Gasteiger partial charge in [0.15, 0.2) is 0 Å². The number of fused-ring (bicyclic) bond motifs is 1. The molecule has 0 aromatic heterocycles. The van der Waals surface area contributed by atoms with E-state index < -0.39 is 0 Å². The normalized spacial score (nSPS) is 27.1. The van der Waals surface area contributed by atoms with E-state index >= 15 is 0 Å². The van der Waals surface area contributed by atoms with E-state index in [0.717, 1.165) is 23.9 Å². The first kappa shape index (κ1) is 14.6. The Morgan fingerprint density at radius 1 is 1.29 bits per heavy atom. The molecule has 1 unspecified atom stereocenters. The second-order valence-corrected chi connectivity index (χ2v) is 6.24. The Hall–Kier alpha value is -1.32. The van der Waals surface area contributed by atoms with Gasteiger partial charge in [-0.2, -0.15) is 0 Å². The highest BCUT2D eigenvalue weighted by atomic mass is 16.5. The lowest BCUT2D eigenvalue weighted by molar-refractivity contribution is 0.0686. The third-order valence-corrected chi connectivity index (χ3v) is 4.84. The van der Waals surface area contributed by atoms with Crippen molar-refractivity contribution in [2.45, 2.75) is 31.8 Å². The zero-order valence-corrected chi connectivity index (χ0v) is 13.2. The molecule has 3 heteroatoms. The SMILES string of the molecule is COc1ccccc1/C=C/CN1CC2CCCN2C[C@H]1C. The van der Waals surface area contributed by atoms with Crippen molar-refractivity contribution in [1.29, 1.82) is 0 Å². The molecule has 0 amide bonds. The van der Waals surface area contributed by atoms with Gasteiger partial charge in [-0.25, -0.2) is 0 Å². The van der Waals surface area contributed by atoms with Crippen molar-refractivity contribution in [3.63, 3.8) is 0 Å². The highest BCUT2D eigenvalue weighted by Gasteiger charge is 2.33. The van der Waals surface area contributed by atoms with Crippen molar-refractivity contribution in [3.05, 3.63) is 35.9 Å². The average molecular weight is 286 g/mol. The first-order valence-electron chi connectivity index (χ1n) is 8.05. The summed E-state index contributed by atoms with van der Waals surface area (Å²) in [6.07, 6.45) is 7.22. The van der Waals surface area contributed by atoms with Gasteiger partial charge in [0.2, 0.25) is 0 Å². The van der Waals surface area contributed by atoms with Gasteiger partial charge in [-0.15, -0.1) is 0 Å². The number of hydrogen-bond donors (Lipinski definition) is 0. The van der Waals surface area contributed by atoms with Crippen LogP contribution < -0.4 is 4.74 Å². The van der Waals surface area contributed by atoms with Crippen LogP contribution in [0.3, 0.4) is 0 Å². The summed E-state index contributed by atoms with van der Waals surface area (Å²) in [5, 5.41) is 0. The molecule has 21 heavy (non-hydrogen) atoms. The number of methoxy groups -OCH3 is 1. The summed E-state index contributed by atoms with van der Waals surface area (Å²) in [4.78, 5) is 5.28. The summed E-state index contributed by atoms with van der Waals surface area (Å²) in [6.45, 7) is 7.14. The molecule has 3 nitrogen and oxygen atoms in total. The van der Waals surface area contributed by atoms with E-state index in [1.54, 1.807) is 7.11 Å². The Morgan fingerprint density at radius 3 is 3.00 bits per heavy atom. The average Bonchev–Trinajstić information content (AvgIpc) is 2.95. The molecule has 2 aliphatic rings. The van der Waals surface area contributed by atoms with Crippen LogP contribution >= 0.6 is 0 Å². The summed E-state index contributed by atoms with van der Waals surface area (Å²) in [7, 11) is 1.73. The van der Waals surface area contributed by atoms with Crippen molar-refractivity contribution in [3.8, 4) is 5.75 Å². The second-order valence-electron chi connectivity index (χ2n) is 6.24. The van der Waals surface area contributed by atoms with E-state index in [1.165, 1.54) is 32.5 Å². The van der Waals surface area contributed by atoms with Gasteiger partial charge in [0.1, 0.15) is 5.75 Å².